The topological polar surface area (TPSA) is 42.4 Å². The van der Waals surface area contributed by atoms with Crippen LogP contribution in [0.1, 0.15) is 18.4 Å². The fraction of sp³-hybridized carbons (Fsp3) is 0.250. The summed E-state index contributed by atoms with van der Waals surface area (Å²) in [7, 11) is 0. The molecule has 2 aromatic carbocycles. The van der Waals surface area contributed by atoms with Crippen LogP contribution in [0.5, 0.6) is 0 Å². The first-order chi connectivity index (χ1) is 13.5. The molecule has 0 N–H and O–H groups in total. The van der Waals surface area contributed by atoms with Crippen LogP contribution in [-0.2, 0) is 16.1 Å². The number of esters is 1. The number of anilines is 1. The number of ether oxygens (including phenoxy) is 1. The number of carbonyl (C=O) groups excluding carboxylic acids is 1. The number of benzene rings is 2. The molecule has 2 heterocycles. The Kier molecular flexibility index (Phi) is 5.61. The van der Waals surface area contributed by atoms with Crippen molar-refractivity contribution in [3.8, 4) is 0 Å². The number of fused-ring (bicyclic) bond motifs is 2. The molecular weight excluding hydrogens is 415 g/mol. The van der Waals surface area contributed by atoms with Crippen LogP contribution in [0.15, 0.2) is 47.4 Å². The lowest BCUT2D eigenvalue weighted by atomic mass is 10.2. The monoisotopic (exact) mass is 432 g/mol. The molecule has 1 atom stereocenters. The van der Waals surface area contributed by atoms with Crippen molar-refractivity contribution in [2.45, 2.75) is 30.0 Å². The molecule has 0 aliphatic carbocycles. The minimum atomic E-state index is -0.297. The van der Waals surface area contributed by atoms with E-state index in [1.54, 1.807) is 24.8 Å². The smallest absolute Gasteiger partial charge is 0.307 e. The molecule has 0 saturated heterocycles. The molecule has 1 aromatic heterocycles. The molecular formula is C20H17FN2O2S3. The van der Waals surface area contributed by atoms with Gasteiger partial charge in [0.2, 0.25) is 0 Å². The van der Waals surface area contributed by atoms with E-state index in [1.807, 2.05) is 29.2 Å². The van der Waals surface area contributed by atoms with E-state index in [0.717, 1.165) is 20.3 Å². The largest absolute Gasteiger partial charge is 0.466 e. The molecule has 0 radical (unpaired) electrons. The fourth-order valence-corrected chi connectivity index (χ4v) is 5.63. The minimum absolute atomic E-state index is 0.171. The molecule has 1 aliphatic rings. The summed E-state index contributed by atoms with van der Waals surface area (Å²) in [6.45, 7) is 2.63. The lowest BCUT2D eigenvalue weighted by molar-refractivity contribution is -0.142. The number of nitrogens with zero attached hydrogens (tertiary/aromatic N) is 2. The Bertz CT molecular complexity index is 1050. The highest BCUT2D eigenvalue weighted by Gasteiger charge is 2.32. The number of rotatable bonds is 5. The maximum atomic E-state index is 13.5. The van der Waals surface area contributed by atoms with Gasteiger partial charge in [-0.2, -0.15) is 0 Å². The maximum Gasteiger partial charge on any atom is 0.307 e. The first-order valence-electron chi connectivity index (χ1n) is 8.83. The molecule has 3 aromatic rings. The van der Waals surface area contributed by atoms with Crippen LogP contribution in [0.4, 0.5) is 10.1 Å². The van der Waals surface area contributed by atoms with Crippen LogP contribution >= 0.6 is 35.3 Å². The molecule has 4 nitrogen and oxygen atoms in total. The van der Waals surface area contributed by atoms with Crippen LogP contribution in [0, 0.1) is 5.82 Å². The second-order valence-electron chi connectivity index (χ2n) is 6.23. The number of para-hydroxylation sites is 1. The number of halogens is 1. The number of thiazole rings is 1. The second-order valence-corrected chi connectivity index (χ2v) is 9.01. The van der Waals surface area contributed by atoms with Crippen LogP contribution < -0.4 is 4.90 Å². The van der Waals surface area contributed by atoms with E-state index in [-0.39, 0.29) is 23.5 Å². The van der Waals surface area contributed by atoms with Gasteiger partial charge in [-0.1, -0.05) is 24.4 Å². The number of thioether (sulfide) groups is 1. The third-order valence-electron chi connectivity index (χ3n) is 4.31. The van der Waals surface area contributed by atoms with E-state index in [0.29, 0.717) is 23.7 Å². The molecule has 8 heteroatoms. The Hall–Kier alpha value is -2.03. The molecule has 0 spiro atoms. The van der Waals surface area contributed by atoms with E-state index in [9.17, 15) is 9.18 Å². The van der Waals surface area contributed by atoms with Gasteiger partial charge in [-0.3, -0.25) is 4.79 Å². The van der Waals surface area contributed by atoms with Gasteiger partial charge in [0, 0.05) is 11.0 Å². The van der Waals surface area contributed by atoms with Crippen molar-refractivity contribution in [3.63, 3.8) is 0 Å². The van der Waals surface area contributed by atoms with Gasteiger partial charge in [0.15, 0.2) is 0 Å². The van der Waals surface area contributed by atoms with Gasteiger partial charge >= 0.3 is 5.97 Å². The Morgan fingerprint density at radius 3 is 2.96 bits per heavy atom. The van der Waals surface area contributed by atoms with Gasteiger partial charge < -0.3 is 9.64 Å². The summed E-state index contributed by atoms with van der Waals surface area (Å²) in [5.41, 5.74) is 1.65. The Labute approximate surface area is 175 Å². The van der Waals surface area contributed by atoms with Gasteiger partial charge in [-0.15, -0.1) is 23.1 Å². The summed E-state index contributed by atoms with van der Waals surface area (Å²) in [5.74, 6) is -0.550. The van der Waals surface area contributed by atoms with Gasteiger partial charge in [0.05, 0.1) is 45.7 Å². The van der Waals surface area contributed by atoms with E-state index >= 15 is 0 Å². The molecule has 4 rings (SSSR count). The van der Waals surface area contributed by atoms with Gasteiger partial charge in [0.25, 0.3) is 0 Å². The second kappa shape index (κ2) is 8.14. The highest BCUT2D eigenvalue weighted by atomic mass is 32.2. The van der Waals surface area contributed by atoms with Crippen LogP contribution in [-0.4, -0.2) is 27.8 Å². The summed E-state index contributed by atoms with van der Waals surface area (Å²) in [5, 5.41) is 0.676. The van der Waals surface area contributed by atoms with Crippen molar-refractivity contribution >= 4 is 62.2 Å². The molecule has 0 amide bonds. The van der Waals surface area contributed by atoms with E-state index < -0.39 is 0 Å². The molecule has 1 aliphatic heterocycles. The molecule has 0 saturated carbocycles. The fourth-order valence-electron chi connectivity index (χ4n) is 3.09. The average molecular weight is 433 g/mol. The standard InChI is InChI=1S/C20H17FN2O2S3/c1-2-25-19(24)10-17-20(26)23(14-5-3-4-6-16(14)27-17)11-18-22-13-9-12(21)7-8-15(13)28-18/h3-9,17H,2,10-11H2,1H3. The first-order valence-corrected chi connectivity index (χ1v) is 10.9. The highest BCUT2D eigenvalue weighted by Crippen LogP contribution is 2.42. The van der Waals surface area contributed by atoms with Crippen molar-refractivity contribution < 1.29 is 13.9 Å². The SMILES string of the molecule is CCOC(=O)CC1Sc2ccccc2N(Cc2nc3cc(F)ccc3s2)C1=S. The highest BCUT2D eigenvalue weighted by molar-refractivity contribution is 8.02. The zero-order valence-corrected chi connectivity index (χ0v) is 17.5. The lowest BCUT2D eigenvalue weighted by Crippen LogP contribution is -2.40. The van der Waals surface area contributed by atoms with E-state index in [4.69, 9.17) is 17.0 Å². The van der Waals surface area contributed by atoms with E-state index in [2.05, 4.69) is 4.98 Å². The Morgan fingerprint density at radius 1 is 1.32 bits per heavy atom. The van der Waals surface area contributed by atoms with E-state index in [1.165, 1.54) is 23.5 Å². The predicted octanol–water partition coefficient (Wildman–Crippen LogP) is 5.20. The number of carbonyl (C=O) groups is 1. The molecule has 0 bridgehead atoms. The Balaban J connectivity index is 1.64. The Morgan fingerprint density at radius 2 is 2.14 bits per heavy atom. The minimum Gasteiger partial charge on any atom is -0.466 e. The number of hydrogen-bond acceptors (Lipinski definition) is 6. The normalized spacial score (nSPS) is 16.3. The number of hydrogen-bond donors (Lipinski definition) is 0. The molecule has 28 heavy (non-hydrogen) atoms. The van der Waals surface area contributed by atoms with Crippen molar-refractivity contribution in [3.05, 3.63) is 53.3 Å². The van der Waals surface area contributed by atoms with Crippen LogP contribution in [0.2, 0.25) is 0 Å². The van der Waals surface area contributed by atoms with Crippen LogP contribution in [0.3, 0.4) is 0 Å². The first kappa shape index (κ1) is 19.3. The summed E-state index contributed by atoms with van der Waals surface area (Å²) >= 11 is 8.85. The summed E-state index contributed by atoms with van der Waals surface area (Å²) in [6.07, 6.45) is 0.229. The molecule has 1 unspecified atom stereocenters. The number of thiocarbonyl (C=S) groups is 1. The van der Waals surface area contributed by atoms with Gasteiger partial charge in [-0.05, 0) is 31.2 Å². The summed E-state index contributed by atoms with van der Waals surface area (Å²) in [4.78, 5) is 20.4. The van der Waals surface area contributed by atoms with Crippen molar-refractivity contribution in [1.29, 1.82) is 0 Å². The third kappa shape index (κ3) is 3.90. The van der Waals surface area contributed by atoms with Crippen molar-refractivity contribution in [2.24, 2.45) is 0 Å². The summed E-state index contributed by atoms with van der Waals surface area (Å²) < 4.78 is 19.5. The van der Waals surface area contributed by atoms with Gasteiger partial charge in [0.1, 0.15) is 10.8 Å². The van der Waals surface area contributed by atoms with Crippen molar-refractivity contribution in [2.75, 3.05) is 11.5 Å². The maximum absolute atomic E-state index is 13.5. The van der Waals surface area contributed by atoms with Crippen molar-refractivity contribution in [1.82, 2.24) is 4.98 Å². The molecule has 0 fully saturated rings. The predicted molar refractivity (Wildman–Crippen MR) is 116 cm³/mol. The lowest BCUT2D eigenvalue weighted by Gasteiger charge is -2.35. The average Bonchev–Trinajstić information content (AvgIpc) is 3.07. The quantitative estimate of drug-likeness (QED) is 0.408. The zero-order valence-electron chi connectivity index (χ0n) is 15.1. The van der Waals surface area contributed by atoms with Crippen LogP contribution in [0.25, 0.3) is 10.2 Å². The third-order valence-corrected chi connectivity index (χ3v) is 7.26. The number of aromatic nitrogens is 1. The molecule has 144 valence electrons. The van der Waals surface area contributed by atoms with Gasteiger partial charge in [-0.25, -0.2) is 9.37 Å². The zero-order chi connectivity index (χ0) is 19.7. The summed E-state index contributed by atoms with van der Waals surface area (Å²) in [6, 6.07) is 12.6.